The van der Waals surface area contributed by atoms with Crippen LogP contribution in [0.5, 0.6) is 0 Å². The zero-order valence-corrected chi connectivity index (χ0v) is 11.0. The highest BCUT2D eigenvalue weighted by Gasteiger charge is 2.31. The van der Waals surface area contributed by atoms with Gasteiger partial charge in [-0.05, 0) is 18.6 Å². The monoisotopic (exact) mass is 284 g/mol. The molecule has 0 radical (unpaired) electrons. The molecular formula is C13H15F3N4. The molecule has 0 saturated heterocycles. The van der Waals surface area contributed by atoms with Crippen molar-refractivity contribution in [2.45, 2.75) is 32.6 Å². The smallest absolute Gasteiger partial charge is 0.378 e. The molecule has 0 unspecified atom stereocenters. The maximum absolute atomic E-state index is 12.4. The normalized spacial score (nSPS) is 11.6. The quantitative estimate of drug-likeness (QED) is 0.916. The van der Waals surface area contributed by atoms with Crippen molar-refractivity contribution >= 4 is 5.69 Å². The van der Waals surface area contributed by atoms with E-state index in [-0.39, 0.29) is 0 Å². The first-order valence-corrected chi connectivity index (χ1v) is 6.27. The SMILES string of the molecule is CCCn1cncc1CNc1ccc(C(F)(F)F)nc1. The number of hydrogen-bond donors (Lipinski definition) is 1. The molecule has 0 atom stereocenters. The van der Waals surface area contributed by atoms with Crippen LogP contribution >= 0.6 is 0 Å². The molecule has 20 heavy (non-hydrogen) atoms. The first-order valence-electron chi connectivity index (χ1n) is 6.27. The van der Waals surface area contributed by atoms with Gasteiger partial charge in [0, 0.05) is 12.7 Å². The minimum absolute atomic E-state index is 0.493. The number of nitrogens with one attached hydrogen (secondary N) is 1. The molecule has 7 heteroatoms. The van der Waals surface area contributed by atoms with Crippen LogP contribution in [0.1, 0.15) is 24.7 Å². The molecule has 2 aromatic heterocycles. The zero-order chi connectivity index (χ0) is 14.6. The number of pyridine rings is 1. The highest BCUT2D eigenvalue weighted by atomic mass is 19.4. The van der Waals surface area contributed by atoms with Crippen LogP contribution in [-0.4, -0.2) is 14.5 Å². The van der Waals surface area contributed by atoms with Crippen molar-refractivity contribution in [3.05, 3.63) is 42.2 Å². The van der Waals surface area contributed by atoms with Gasteiger partial charge in [-0.1, -0.05) is 6.92 Å². The number of anilines is 1. The Labute approximate surface area is 114 Å². The Bertz CT molecular complexity index is 545. The summed E-state index contributed by atoms with van der Waals surface area (Å²) >= 11 is 0. The molecule has 4 nitrogen and oxygen atoms in total. The summed E-state index contributed by atoms with van der Waals surface area (Å²) in [5.74, 6) is 0. The first-order chi connectivity index (χ1) is 9.50. The highest BCUT2D eigenvalue weighted by molar-refractivity contribution is 5.41. The van der Waals surface area contributed by atoms with Crippen molar-refractivity contribution in [1.82, 2.24) is 14.5 Å². The van der Waals surface area contributed by atoms with Crippen LogP contribution in [0.2, 0.25) is 0 Å². The van der Waals surface area contributed by atoms with Gasteiger partial charge in [-0.2, -0.15) is 13.2 Å². The Kier molecular flexibility index (Phi) is 4.26. The molecule has 0 spiro atoms. The Morgan fingerprint density at radius 2 is 2.05 bits per heavy atom. The fourth-order valence-electron chi connectivity index (χ4n) is 1.80. The van der Waals surface area contributed by atoms with Crippen LogP contribution in [0.15, 0.2) is 30.9 Å². The summed E-state index contributed by atoms with van der Waals surface area (Å²) in [7, 11) is 0. The Morgan fingerprint density at radius 1 is 1.25 bits per heavy atom. The molecule has 0 aliphatic carbocycles. The van der Waals surface area contributed by atoms with E-state index in [9.17, 15) is 13.2 Å². The maximum Gasteiger partial charge on any atom is 0.433 e. The van der Waals surface area contributed by atoms with E-state index in [4.69, 9.17) is 0 Å². The minimum Gasteiger partial charge on any atom is -0.378 e. The Morgan fingerprint density at radius 3 is 2.65 bits per heavy atom. The standard InChI is InChI=1S/C13H15F3N4/c1-2-5-20-9-17-7-11(20)8-18-10-3-4-12(19-6-10)13(14,15)16/h3-4,6-7,9,18H,2,5,8H2,1H3. The van der Waals surface area contributed by atoms with Crippen LogP contribution in [0.25, 0.3) is 0 Å². The number of imidazole rings is 1. The summed E-state index contributed by atoms with van der Waals surface area (Å²) in [6.45, 7) is 3.42. The van der Waals surface area contributed by atoms with E-state index in [1.54, 1.807) is 12.5 Å². The van der Waals surface area contributed by atoms with Crippen LogP contribution in [0.4, 0.5) is 18.9 Å². The van der Waals surface area contributed by atoms with Gasteiger partial charge in [0.25, 0.3) is 0 Å². The molecule has 0 aliphatic heterocycles. The van der Waals surface area contributed by atoms with E-state index in [1.165, 1.54) is 12.3 Å². The van der Waals surface area contributed by atoms with Crippen molar-refractivity contribution in [3.63, 3.8) is 0 Å². The number of rotatable bonds is 5. The van der Waals surface area contributed by atoms with Gasteiger partial charge >= 0.3 is 6.18 Å². The van der Waals surface area contributed by atoms with Crippen LogP contribution in [0, 0.1) is 0 Å². The fraction of sp³-hybridized carbons (Fsp3) is 0.385. The van der Waals surface area contributed by atoms with Crippen molar-refractivity contribution < 1.29 is 13.2 Å². The van der Waals surface area contributed by atoms with Crippen LogP contribution in [-0.2, 0) is 19.3 Å². The summed E-state index contributed by atoms with van der Waals surface area (Å²) in [6.07, 6.45) is 1.25. The van der Waals surface area contributed by atoms with Crippen molar-refractivity contribution in [2.24, 2.45) is 0 Å². The molecule has 1 N–H and O–H groups in total. The van der Waals surface area contributed by atoms with Gasteiger partial charge < -0.3 is 9.88 Å². The average Bonchev–Trinajstić information content (AvgIpc) is 2.84. The largest absolute Gasteiger partial charge is 0.433 e. The average molecular weight is 284 g/mol. The van der Waals surface area contributed by atoms with Crippen molar-refractivity contribution in [2.75, 3.05) is 5.32 Å². The van der Waals surface area contributed by atoms with Crippen LogP contribution < -0.4 is 5.32 Å². The maximum atomic E-state index is 12.4. The minimum atomic E-state index is -4.40. The molecule has 0 saturated carbocycles. The molecule has 0 fully saturated rings. The fourth-order valence-corrected chi connectivity index (χ4v) is 1.80. The lowest BCUT2D eigenvalue weighted by Crippen LogP contribution is -2.09. The van der Waals surface area contributed by atoms with E-state index in [2.05, 4.69) is 22.2 Å². The van der Waals surface area contributed by atoms with Crippen LogP contribution in [0.3, 0.4) is 0 Å². The highest BCUT2D eigenvalue weighted by Crippen LogP contribution is 2.27. The Hall–Kier alpha value is -2.05. The van der Waals surface area contributed by atoms with Gasteiger partial charge in [0.15, 0.2) is 0 Å². The van der Waals surface area contributed by atoms with Gasteiger partial charge in [0.1, 0.15) is 5.69 Å². The second-order valence-electron chi connectivity index (χ2n) is 4.36. The predicted molar refractivity (Wildman–Crippen MR) is 69.1 cm³/mol. The number of aromatic nitrogens is 3. The number of alkyl halides is 3. The second-order valence-corrected chi connectivity index (χ2v) is 4.36. The molecule has 0 aliphatic rings. The van der Waals surface area contributed by atoms with Crippen molar-refractivity contribution in [3.8, 4) is 0 Å². The topological polar surface area (TPSA) is 42.7 Å². The van der Waals surface area contributed by atoms with E-state index in [0.717, 1.165) is 24.7 Å². The van der Waals surface area contributed by atoms with E-state index in [1.807, 2.05) is 4.57 Å². The number of nitrogens with zero attached hydrogens (tertiary/aromatic N) is 3. The lowest BCUT2D eigenvalue weighted by Gasteiger charge is -2.10. The lowest BCUT2D eigenvalue weighted by atomic mass is 10.3. The predicted octanol–water partition coefficient (Wildman–Crippen LogP) is 3.32. The van der Waals surface area contributed by atoms with Gasteiger partial charge in [-0.25, -0.2) is 9.97 Å². The third-order valence-electron chi connectivity index (χ3n) is 2.79. The van der Waals surface area contributed by atoms with Gasteiger partial charge in [0.2, 0.25) is 0 Å². The first kappa shape index (κ1) is 14.4. The molecule has 2 heterocycles. The summed E-state index contributed by atoms with van der Waals surface area (Å²) in [6, 6.07) is 2.34. The summed E-state index contributed by atoms with van der Waals surface area (Å²) < 4.78 is 39.1. The molecule has 2 aromatic rings. The summed E-state index contributed by atoms with van der Waals surface area (Å²) in [4.78, 5) is 7.46. The molecule has 108 valence electrons. The summed E-state index contributed by atoms with van der Waals surface area (Å²) in [5.41, 5.74) is 0.632. The van der Waals surface area contributed by atoms with E-state index in [0.29, 0.717) is 12.2 Å². The van der Waals surface area contributed by atoms with E-state index < -0.39 is 11.9 Å². The molecule has 0 aromatic carbocycles. The van der Waals surface area contributed by atoms with E-state index >= 15 is 0 Å². The molecule has 2 rings (SSSR count). The molecule has 0 amide bonds. The van der Waals surface area contributed by atoms with Gasteiger partial charge in [0.05, 0.1) is 30.5 Å². The lowest BCUT2D eigenvalue weighted by molar-refractivity contribution is -0.141. The van der Waals surface area contributed by atoms with Crippen molar-refractivity contribution in [1.29, 1.82) is 0 Å². The number of hydrogen-bond acceptors (Lipinski definition) is 3. The second kappa shape index (κ2) is 5.94. The third kappa shape index (κ3) is 3.49. The van der Waals surface area contributed by atoms with Gasteiger partial charge in [-0.3, -0.25) is 0 Å². The summed E-state index contributed by atoms with van der Waals surface area (Å²) in [5, 5.41) is 3.03. The number of halogens is 3. The number of aryl methyl sites for hydroxylation is 1. The molecule has 0 bridgehead atoms. The molecular weight excluding hydrogens is 269 g/mol. The Balaban J connectivity index is 1.99. The zero-order valence-electron chi connectivity index (χ0n) is 11.0. The third-order valence-corrected chi connectivity index (χ3v) is 2.79. The van der Waals surface area contributed by atoms with Gasteiger partial charge in [-0.15, -0.1) is 0 Å².